The Morgan fingerprint density at radius 1 is 0.914 bits per heavy atom. The summed E-state index contributed by atoms with van der Waals surface area (Å²) in [5.74, 6) is -0.214. The van der Waals surface area contributed by atoms with E-state index in [1.54, 1.807) is 18.2 Å². The Morgan fingerprint density at radius 2 is 1.57 bits per heavy atom. The molecule has 6 N–H and O–H groups in total. The third-order valence-electron chi connectivity index (χ3n) is 5.34. The van der Waals surface area contributed by atoms with Crippen LogP contribution in [0.5, 0.6) is 5.75 Å². The molecule has 0 aliphatic heterocycles. The number of aliphatic hydroxyl groups excluding tert-OH is 1. The summed E-state index contributed by atoms with van der Waals surface area (Å²) in [6.07, 6.45) is 0.959. The molecule has 11 heteroatoms. The number of nitrogens with one attached hydrogen (secondary N) is 2. The highest BCUT2D eigenvalue weighted by Gasteiger charge is 2.19. The van der Waals surface area contributed by atoms with Crippen molar-refractivity contribution in [2.45, 2.75) is 25.0 Å². The highest BCUT2D eigenvalue weighted by Crippen LogP contribution is 2.33. The van der Waals surface area contributed by atoms with Crippen molar-refractivity contribution in [3.8, 4) is 5.75 Å². The van der Waals surface area contributed by atoms with Crippen LogP contribution in [0.1, 0.15) is 22.7 Å². The van der Waals surface area contributed by atoms with E-state index in [9.17, 15) is 33.0 Å². The van der Waals surface area contributed by atoms with Gasteiger partial charge in [-0.2, -0.15) is 0 Å². The molecule has 0 aromatic heterocycles. The molecule has 2 atom stereocenters. The molecular formula is C24H29N2O7PS. The molecule has 35 heavy (non-hydrogen) atoms. The van der Waals surface area contributed by atoms with Crippen molar-refractivity contribution in [1.82, 2.24) is 5.32 Å². The van der Waals surface area contributed by atoms with Crippen LogP contribution >= 0.6 is 7.60 Å². The molecule has 3 rings (SSSR count). The summed E-state index contributed by atoms with van der Waals surface area (Å²) in [4.78, 5) is 18.8. The minimum Gasteiger partial charge on any atom is -0.506 e. The van der Waals surface area contributed by atoms with Crippen LogP contribution in [0.25, 0.3) is 0 Å². The summed E-state index contributed by atoms with van der Waals surface area (Å²) >= 11 is 0. The zero-order chi connectivity index (χ0) is 25.6. The van der Waals surface area contributed by atoms with Gasteiger partial charge in [-0.3, -0.25) is 9.29 Å². The van der Waals surface area contributed by atoms with Crippen LogP contribution in [0, 0.1) is 0 Å². The third kappa shape index (κ3) is 8.47. The Bertz CT molecular complexity index is 1280. The average Bonchev–Trinajstić information content (AvgIpc) is 2.78. The van der Waals surface area contributed by atoms with Crippen molar-refractivity contribution in [1.29, 1.82) is 0 Å². The Hall–Kier alpha value is -2.72. The van der Waals surface area contributed by atoms with Crippen LogP contribution in [0.2, 0.25) is 0 Å². The second-order valence-corrected chi connectivity index (χ2v) is 11.7. The number of benzene rings is 3. The first-order valence-electron chi connectivity index (χ1n) is 10.8. The first-order valence-corrected chi connectivity index (χ1v) is 14.3. The van der Waals surface area contributed by atoms with E-state index in [1.807, 2.05) is 30.3 Å². The van der Waals surface area contributed by atoms with Crippen molar-refractivity contribution >= 4 is 28.6 Å². The second-order valence-electron chi connectivity index (χ2n) is 8.37. The van der Waals surface area contributed by atoms with Crippen LogP contribution in [0.4, 0.5) is 5.69 Å². The number of sulfonamides is 1. The Labute approximate surface area is 204 Å². The first kappa shape index (κ1) is 26.9. The van der Waals surface area contributed by atoms with Gasteiger partial charge >= 0.3 is 7.60 Å². The van der Waals surface area contributed by atoms with Crippen LogP contribution < -0.4 is 15.3 Å². The van der Waals surface area contributed by atoms with Gasteiger partial charge in [0.2, 0.25) is 10.0 Å². The molecule has 0 bridgehead atoms. The number of phenols is 1. The lowest BCUT2D eigenvalue weighted by molar-refractivity contribution is 0.167. The number of phenolic OH excluding ortho intramolecular Hbond substituents is 1. The molecule has 3 aromatic rings. The van der Waals surface area contributed by atoms with Crippen molar-refractivity contribution in [3.63, 3.8) is 0 Å². The second kappa shape index (κ2) is 11.3. The van der Waals surface area contributed by atoms with E-state index in [-0.39, 0.29) is 35.7 Å². The van der Waals surface area contributed by atoms with Gasteiger partial charge in [0.25, 0.3) is 0 Å². The highest BCUT2D eigenvalue weighted by molar-refractivity contribution is 7.92. The topological polar surface area (TPSA) is 156 Å². The fourth-order valence-electron chi connectivity index (χ4n) is 3.67. The maximum absolute atomic E-state index is 11.5. The van der Waals surface area contributed by atoms with Crippen LogP contribution in [-0.2, 0) is 27.4 Å². The smallest absolute Gasteiger partial charge is 0.356 e. The van der Waals surface area contributed by atoms with Gasteiger partial charge in [-0.05, 0) is 53.8 Å². The molecule has 0 fully saturated rings. The molecule has 3 aromatic carbocycles. The fourth-order valence-corrected chi connectivity index (χ4v) is 4.77. The largest absolute Gasteiger partial charge is 0.506 e. The van der Waals surface area contributed by atoms with Gasteiger partial charge in [0, 0.05) is 12.6 Å². The van der Waals surface area contributed by atoms with E-state index >= 15 is 0 Å². The fraction of sp³-hybridized carbons (Fsp3) is 0.250. The maximum Gasteiger partial charge on any atom is 0.356 e. The molecule has 0 heterocycles. The molecular weight excluding hydrogens is 491 g/mol. The lowest BCUT2D eigenvalue weighted by Crippen LogP contribution is -2.32. The third-order valence-corrected chi connectivity index (χ3v) is 6.90. The molecule has 2 unspecified atom stereocenters. The van der Waals surface area contributed by atoms with Crippen LogP contribution in [0.15, 0.2) is 72.8 Å². The van der Waals surface area contributed by atoms with E-state index in [0.29, 0.717) is 12.0 Å². The van der Waals surface area contributed by atoms with E-state index in [2.05, 4.69) is 10.0 Å². The van der Waals surface area contributed by atoms with Gasteiger partial charge in [-0.1, -0.05) is 48.5 Å². The number of hydrogen-bond donors (Lipinski definition) is 6. The van der Waals surface area contributed by atoms with Gasteiger partial charge in [0.15, 0.2) is 0 Å². The van der Waals surface area contributed by atoms with Gasteiger partial charge in [0.05, 0.1) is 23.4 Å². The van der Waals surface area contributed by atoms with Crippen LogP contribution in [0.3, 0.4) is 0 Å². The zero-order valence-corrected chi connectivity index (χ0v) is 20.8. The maximum atomic E-state index is 11.5. The van der Waals surface area contributed by atoms with Crippen molar-refractivity contribution in [3.05, 3.63) is 89.5 Å². The van der Waals surface area contributed by atoms with Crippen molar-refractivity contribution in [2.24, 2.45) is 0 Å². The molecule has 0 saturated heterocycles. The highest BCUT2D eigenvalue weighted by atomic mass is 32.2. The van der Waals surface area contributed by atoms with Gasteiger partial charge in [0.1, 0.15) is 5.75 Å². The van der Waals surface area contributed by atoms with Gasteiger partial charge in [-0.25, -0.2) is 8.42 Å². The lowest BCUT2D eigenvalue weighted by Gasteiger charge is -2.22. The monoisotopic (exact) mass is 520 g/mol. The average molecular weight is 521 g/mol. The predicted octanol–water partition coefficient (Wildman–Crippen LogP) is 2.04. The van der Waals surface area contributed by atoms with E-state index in [0.717, 1.165) is 17.4 Å². The van der Waals surface area contributed by atoms with Crippen LogP contribution in [-0.4, -0.2) is 47.3 Å². The number of aliphatic hydroxyl groups is 1. The molecule has 188 valence electrons. The summed E-state index contributed by atoms with van der Waals surface area (Å²) < 4.78 is 36.8. The minimum absolute atomic E-state index is 0.0391. The zero-order valence-electron chi connectivity index (χ0n) is 19.1. The first-order chi connectivity index (χ1) is 16.4. The normalized spacial score (nSPS) is 13.8. The molecule has 0 amide bonds. The Kier molecular flexibility index (Phi) is 8.71. The molecule has 0 saturated carbocycles. The standard InChI is InChI=1S/C24H29N2O7PS/c1-35(32,33)26-23-15-18(7-12-24(23)28)13-20(27)16-25-22(14-17-5-3-2-4-6-17)19-8-10-21(11-9-19)34(29,30)31/h2-12,15,20,22,25-28H,13-14,16H2,1H3,(H2,29,30,31). The predicted molar refractivity (Wildman–Crippen MR) is 135 cm³/mol. The molecule has 0 spiro atoms. The van der Waals surface area contributed by atoms with Gasteiger partial charge in [-0.15, -0.1) is 0 Å². The molecule has 9 nitrogen and oxygen atoms in total. The van der Waals surface area contributed by atoms with Gasteiger partial charge < -0.3 is 25.3 Å². The summed E-state index contributed by atoms with van der Waals surface area (Å²) in [5.41, 5.74) is 2.53. The summed E-state index contributed by atoms with van der Waals surface area (Å²) in [6.45, 7) is 0.202. The summed E-state index contributed by atoms with van der Waals surface area (Å²) in [6, 6.07) is 20.0. The molecule has 0 radical (unpaired) electrons. The lowest BCUT2D eigenvalue weighted by atomic mass is 9.98. The molecule has 0 aliphatic carbocycles. The SMILES string of the molecule is CS(=O)(=O)Nc1cc(CC(O)CNC(Cc2ccccc2)c2ccc(P(=O)(O)O)cc2)ccc1O. The number of rotatable bonds is 11. The number of aromatic hydroxyl groups is 1. The Morgan fingerprint density at radius 3 is 2.17 bits per heavy atom. The minimum atomic E-state index is -4.35. The van der Waals surface area contributed by atoms with E-state index in [1.165, 1.54) is 24.3 Å². The molecule has 0 aliphatic rings. The van der Waals surface area contributed by atoms with E-state index in [4.69, 9.17) is 0 Å². The summed E-state index contributed by atoms with van der Waals surface area (Å²) in [7, 11) is -7.92. The van der Waals surface area contributed by atoms with E-state index < -0.39 is 23.7 Å². The summed E-state index contributed by atoms with van der Waals surface area (Å²) in [5, 5.41) is 23.8. The number of hydrogen-bond acceptors (Lipinski definition) is 6. The number of anilines is 1. The quantitative estimate of drug-likeness (QED) is 0.166. The Balaban J connectivity index is 1.72. The van der Waals surface area contributed by atoms with Crippen molar-refractivity contribution < 1.29 is 33.0 Å². The van der Waals surface area contributed by atoms with Crippen molar-refractivity contribution in [2.75, 3.05) is 17.5 Å².